The monoisotopic (exact) mass is 498 g/mol. The van der Waals surface area contributed by atoms with Crippen molar-refractivity contribution in [3.05, 3.63) is 60.7 Å². The summed E-state index contributed by atoms with van der Waals surface area (Å²) in [6.45, 7) is 4.96. The van der Waals surface area contributed by atoms with E-state index in [-0.39, 0.29) is 0 Å². The normalized spacial score (nSPS) is 31.5. The van der Waals surface area contributed by atoms with Crippen LogP contribution in [-0.4, -0.2) is 49.2 Å². The van der Waals surface area contributed by atoms with Gasteiger partial charge in [0, 0.05) is 0 Å². The number of benzene rings is 2. The zero-order valence-corrected chi connectivity index (χ0v) is 18.3. The molecule has 0 unspecified atom stereocenters. The van der Waals surface area contributed by atoms with Crippen LogP contribution < -0.4 is 10.6 Å². The van der Waals surface area contributed by atoms with Gasteiger partial charge in [-0.25, -0.2) is 0 Å². The van der Waals surface area contributed by atoms with Crippen molar-refractivity contribution in [2.24, 2.45) is 0 Å². The van der Waals surface area contributed by atoms with Crippen LogP contribution in [-0.2, 0) is 0 Å². The molecule has 1 aliphatic heterocycles. The first-order chi connectivity index (χ1) is 9.42. The maximum atomic E-state index is 3.67. The quantitative estimate of drug-likeness (QED) is 0.444. The van der Waals surface area contributed by atoms with Crippen LogP contribution in [0, 0.1) is 0 Å². The average Bonchev–Trinajstić information content (AvgIpc) is 2.48. The van der Waals surface area contributed by atoms with Crippen LogP contribution in [0.25, 0.3) is 0 Å². The molecule has 1 heterocycles. The van der Waals surface area contributed by atoms with Gasteiger partial charge in [-0.05, 0) is 0 Å². The zero-order chi connectivity index (χ0) is 14.4. The fourth-order valence-electron chi connectivity index (χ4n) is 2.48. The zero-order valence-electron chi connectivity index (χ0n) is 11.4. The second-order valence-corrected chi connectivity index (χ2v) is 35.7. The van der Waals surface area contributed by atoms with Gasteiger partial charge in [0.1, 0.15) is 0 Å². The molecule has 0 nitrogen and oxygen atoms in total. The first-order valence-corrected chi connectivity index (χ1v) is 18.9. The Morgan fingerprint density at radius 2 is 1.10 bits per heavy atom. The van der Waals surface area contributed by atoms with E-state index in [0.29, 0.717) is 19.0 Å². The van der Waals surface area contributed by atoms with Crippen LogP contribution in [0.2, 0.25) is 0 Å². The van der Waals surface area contributed by atoms with E-state index >= 15 is 0 Å². The molecule has 3 rings (SSSR count). The summed E-state index contributed by atoms with van der Waals surface area (Å²) in [5, 5.41) is 3.12. The molecule has 0 bridgehead atoms. The van der Waals surface area contributed by atoms with Crippen LogP contribution in [0.3, 0.4) is 0 Å². The Bertz CT molecular complexity index is 662. The summed E-state index contributed by atoms with van der Waals surface area (Å²) < 4.78 is -2.26. The minimum absolute atomic E-state index is 0.378. The van der Waals surface area contributed by atoms with E-state index in [9.17, 15) is 0 Å². The minimum atomic E-state index is -1.13. The molecule has 20 heavy (non-hydrogen) atoms. The molecule has 0 aromatic heterocycles. The molecule has 0 saturated carbocycles. The molecule has 1 aliphatic rings. The van der Waals surface area contributed by atoms with Crippen molar-refractivity contribution in [1.29, 1.82) is 0 Å². The maximum absolute atomic E-state index is 3.67. The summed E-state index contributed by atoms with van der Waals surface area (Å²) in [7, 11) is 0. The Balaban J connectivity index is 2.08. The van der Waals surface area contributed by atoms with Gasteiger partial charge in [0.2, 0.25) is 0 Å². The summed E-state index contributed by atoms with van der Waals surface area (Å²) in [5.41, 5.74) is 0. The first-order valence-electron chi connectivity index (χ1n) is 6.45. The van der Waals surface area contributed by atoms with Crippen LogP contribution in [0.5, 0.6) is 0 Å². The third-order valence-electron chi connectivity index (χ3n) is 3.86. The standard InChI is InChI=1S/C15H16P2Se3/c1-15(2)16(18,13-9-5-3-6-10-13)20-17(15,19)14-11-7-4-8-12-14/h3-12H,1-2H3/t16-,17-/m0/s1. The summed E-state index contributed by atoms with van der Waals surface area (Å²) in [4.78, 5) is 0.378. The molecule has 5 heteroatoms. The van der Waals surface area contributed by atoms with Gasteiger partial charge in [-0.15, -0.1) is 0 Å². The Hall–Kier alpha value is 0.858. The van der Waals surface area contributed by atoms with Crippen LogP contribution in [0.15, 0.2) is 60.7 Å². The number of rotatable bonds is 2. The van der Waals surface area contributed by atoms with Crippen molar-refractivity contribution in [1.82, 2.24) is 0 Å². The first kappa shape index (κ1) is 15.7. The molecular formula is C15H16P2Se3. The molecule has 0 N–H and O–H groups in total. The predicted molar refractivity (Wildman–Crippen MR) is 97.3 cm³/mol. The van der Waals surface area contributed by atoms with E-state index in [4.69, 9.17) is 0 Å². The van der Waals surface area contributed by atoms with Gasteiger partial charge in [-0.3, -0.25) is 0 Å². The predicted octanol–water partition coefficient (Wildman–Crippen LogP) is 3.12. The van der Waals surface area contributed by atoms with E-state index < -0.39 is 8.40 Å². The van der Waals surface area contributed by atoms with Crippen molar-refractivity contribution in [3.8, 4) is 0 Å². The number of hydrogen-bond donors (Lipinski definition) is 0. The van der Waals surface area contributed by atoms with Crippen molar-refractivity contribution >= 4 is 63.3 Å². The molecule has 0 spiro atoms. The van der Waals surface area contributed by atoms with Gasteiger partial charge in [-0.1, -0.05) is 0 Å². The van der Waals surface area contributed by atoms with Gasteiger partial charge in [0.25, 0.3) is 0 Å². The molecule has 104 valence electrons. The third-order valence-corrected chi connectivity index (χ3v) is 54.6. The van der Waals surface area contributed by atoms with Crippen molar-refractivity contribution in [3.63, 3.8) is 0 Å². The molecule has 2 aromatic rings. The van der Waals surface area contributed by atoms with Crippen LogP contribution >= 0.6 is 8.40 Å². The summed E-state index contributed by atoms with van der Waals surface area (Å²) in [6.07, 6.45) is 0. The fourth-order valence-corrected chi connectivity index (χ4v) is 74.4. The third kappa shape index (κ3) is 2.15. The Labute approximate surface area is 141 Å². The van der Waals surface area contributed by atoms with E-state index in [1.54, 1.807) is 10.6 Å². The summed E-state index contributed by atoms with van der Waals surface area (Å²) >= 11 is 8.00. The molecule has 0 radical (unpaired) electrons. The second-order valence-electron chi connectivity index (χ2n) is 5.35. The van der Waals surface area contributed by atoms with Crippen molar-refractivity contribution < 1.29 is 0 Å². The molecule has 1 saturated heterocycles. The topological polar surface area (TPSA) is 0 Å². The van der Waals surface area contributed by atoms with Gasteiger partial charge < -0.3 is 0 Å². The Morgan fingerprint density at radius 3 is 1.40 bits per heavy atom. The van der Waals surface area contributed by atoms with E-state index in [1.807, 2.05) is 0 Å². The van der Waals surface area contributed by atoms with Gasteiger partial charge in [-0.2, -0.15) is 0 Å². The van der Waals surface area contributed by atoms with Crippen molar-refractivity contribution in [2.45, 2.75) is 18.7 Å². The molecule has 0 aliphatic carbocycles. The van der Waals surface area contributed by atoms with E-state index in [0.717, 1.165) is 0 Å². The molecule has 2 atom stereocenters. The van der Waals surface area contributed by atoms with E-state index in [2.05, 4.69) is 105 Å². The molecule has 0 amide bonds. The second kappa shape index (κ2) is 5.49. The average molecular weight is 495 g/mol. The Morgan fingerprint density at radius 1 is 0.750 bits per heavy atom. The van der Waals surface area contributed by atoms with Crippen LogP contribution in [0.1, 0.15) is 13.8 Å². The summed E-state index contributed by atoms with van der Waals surface area (Å²) in [5.74, 6) is 0. The van der Waals surface area contributed by atoms with Gasteiger partial charge in [0.05, 0.1) is 0 Å². The molecule has 2 aromatic carbocycles. The SMILES string of the molecule is CC1(C)[P@](=[Se])(c2ccccc2)[Se][P@@]1(=[Se])c1ccccc1. The van der Waals surface area contributed by atoms with Gasteiger partial charge >= 0.3 is 143 Å². The molecular weight excluding hydrogens is 479 g/mol. The van der Waals surface area contributed by atoms with Crippen LogP contribution in [0.4, 0.5) is 0 Å². The Kier molecular flexibility index (Phi) is 4.32. The van der Waals surface area contributed by atoms with E-state index in [1.165, 1.54) is 0 Å². The number of hydrogen-bond acceptors (Lipinski definition) is 0. The van der Waals surface area contributed by atoms with Gasteiger partial charge in [0.15, 0.2) is 0 Å². The molecule has 1 fully saturated rings. The summed E-state index contributed by atoms with van der Waals surface area (Å²) in [6, 6.07) is 22.2. The van der Waals surface area contributed by atoms with Crippen molar-refractivity contribution in [2.75, 3.05) is 0 Å². The fraction of sp³-hybridized carbons (Fsp3) is 0.200.